The zero-order valence-electron chi connectivity index (χ0n) is 9.37. The molecule has 3 nitrogen and oxygen atoms in total. The van der Waals surface area contributed by atoms with Crippen LogP contribution in [0.15, 0.2) is 23.6 Å². The van der Waals surface area contributed by atoms with Crippen LogP contribution in [0.3, 0.4) is 0 Å². The van der Waals surface area contributed by atoms with Crippen LogP contribution in [0.2, 0.25) is 10.0 Å². The predicted octanol–water partition coefficient (Wildman–Crippen LogP) is 4.09. The summed E-state index contributed by atoms with van der Waals surface area (Å²) in [5.41, 5.74) is 7.76. The molecule has 94 valence electrons. The van der Waals surface area contributed by atoms with E-state index in [1.807, 2.05) is 0 Å². The highest BCUT2D eigenvalue weighted by Crippen LogP contribution is 2.38. The van der Waals surface area contributed by atoms with Gasteiger partial charge in [-0.3, -0.25) is 0 Å². The van der Waals surface area contributed by atoms with E-state index >= 15 is 0 Å². The summed E-state index contributed by atoms with van der Waals surface area (Å²) in [6, 6.07) is 5.12. The molecule has 1 aromatic carbocycles. The van der Waals surface area contributed by atoms with Gasteiger partial charge in [0.15, 0.2) is 0 Å². The van der Waals surface area contributed by atoms with Crippen molar-refractivity contribution in [2.45, 2.75) is 0 Å². The van der Waals surface area contributed by atoms with Crippen molar-refractivity contribution in [2.75, 3.05) is 12.8 Å². The molecule has 0 radical (unpaired) electrons. The number of carbonyl (C=O) groups excluding carboxylic acids is 1. The van der Waals surface area contributed by atoms with Crippen molar-refractivity contribution in [3.63, 3.8) is 0 Å². The largest absolute Gasteiger partial charge is 0.465 e. The average molecular weight is 302 g/mol. The SMILES string of the molecule is COC(=O)c1scc(-c2ccc(Cl)cc2Cl)c1N. The summed E-state index contributed by atoms with van der Waals surface area (Å²) in [4.78, 5) is 11.8. The molecule has 6 heteroatoms. The van der Waals surface area contributed by atoms with Gasteiger partial charge >= 0.3 is 5.97 Å². The predicted molar refractivity (Wildman–Crippen MR) is 75.5 cm³/mol. The first-order valence-electron chi connectivity index (χ1n) is 4.95. The van der Waals surface area contributed by atoms with Gasteiger partial charge in [-0.2, -0.15) is 0 Å². The number of anilines is 1. The number of ether oxygens (including phenoxy) is 1. The zero-order valence-corrected chi connectivity index (χ0v) is 11.7. The molecule has 0 unspecified atom stereocenters. The van der Waals surface area contributed by atoms with Crippen LogP contribution in [0.5, 0.6) is 0 Å². The number of halogens is 2. The van der Waals surface area contributed by atoms with E-state index < -0.39 is 5.97 Å². The Kier molecular flexibility index (Phi) is 3.80. The molecule has 0 aliphatic heterocycles. The lowest BCUT2D eigenvalue weighted by Gasteiger charge is -2.04. The highest BCUT2D eigenvalue weighted by Gasteiger charge is 2.18. The fourth-order valence-corrected chi connectivity index (χ4v) is 2.95. The van der Waals surface area contributed by atoms with Gasteiger partial charge in [0, 0.05) is 26.6 Å². The van der Waals surface area contributed by atoms with Crippen LogP contribution >= 0.6 is 34.5 Å². The normalized spacial score (nSPS) is 10.4. The first-order chi connectivity index (χ1) is 8.54. The number of methoxy groups -OCH3 is 1. The van der Waals surface area contributed by atoms with E-state index in [1.165, 1.54) is 18.4 Å². The quantitative estimate of drug-likeness (QED) is 0.850. The van der Waals surface area contributed by atoms with E-state index in [4.69, 9.17) is 28.9 Å². The number of hydrogen-bond donors (Lipinski definition) is 1. The van der Waals surface area contributed by atoms with Crippen LogP contribution in [0.25, 0.3) is 11.1 Å². The van der Waals surface area contributed by atoms with E-state index in [0.29, 0.717) is 26.2 Å². The third-order valence-corrected chi connectivity index (χ3v) is 3.95. The molecule has 2 N–H and O–H groups in total. The van der Waals surface area contributed by atoms with Crippen molar-refractivity contribution in [1.29, 1.82) is 0 Å². The zero-order chi connectivity index (χ0) is 13.3. The minimum Gasteiger partial charge on any atom is -0.465 e. The molecule has 0 spiro atoms. The molecule has 0 atom stereocenters. The smallest absolute Gasteiger partial charge is 0.350 e. The van der Waals surface area contributed by atoms with Gasteiger partial charge in [-0.15, -0.1) is 11.3 Å². The van der Waals surface area contributed by atoms with Gasteiger partial charge in [-0.25, -0.2) is 4.79 Å². The second-order valence-electron chi connectivity index (χ2n) is 3.51. The monoisotopic (exact) mass is 301 g/mol. The summed E-state index contributed by atoms with van der Waals surface area (Å²) in [6.45, 7) is 0. The molecule has 0 aliphatic rings. The number of benzene rings is 1. The summed E-state index contributed by atoms with van der Waals surface area (Å²) >= 11 is 13.2. The number of rotatable bonds is 2. The molecule has 0 bridgehead atoms. The van der Waals surface area contributed by atoms with Gasteiger partial charge in [-0.05, 0) is 12.1 Å². The Morgan fingerprint density at radius 2 is 2.06 bits per heavy atom. The van der Waals surface area contributed by atoms with E-state index in [1.54, 1.807) is 23.6 Å². The van der Waals surface area contributed by atoms with E-state index in [-0.39, 0.29) is 0 Å². The maximum absolute atomic E-state index is 11.5. The van der Waals surface area contributed by atoms with E-state index in [2.05, 4.69) is 4.74 Å². The van der Waals surface area contributed by atoms with Crippen LogP contribution in [-0.2, 0) is 4.74 Å². The number of hydrogen-bond acceptors (Lipinski definition) is 4. The standard InChI is InChI=1S/C12H9Cl2NO2S/c1-17-12(16)11-10(15)8(5-18-11)7-3-2-6(13)4-9(7)14/h2-5H,15H2,1H3. The van der Waals surface area contributed by atoms with E-state index in [9.17, 15) is 4.79 Å². The molecule has 2 rings (SSSR count). The Morgan fingerprint density at radius 1 is 1.33 bits per heavy atom. The van der Waals surface area contributed by atoms with Gasteiger partial charge in [0.25, 0.3) is 0 Å². The number of carbonyl (C=O) groups is 1. The van der Waals surface area contributed by atoms with Crippen LogP contribution in [0.4, 0.5) is 5.69 Å². The Bertz CT molecular complexity index is 610. The van der Waals surface area contributed by atoms with Crippen molar-refractivity contribution >= 4 is 46.2 Å². The molecular formula is C12H9Cl2NO2S. The van der Waals surface area contributed by atoms with Crippen molar-refractivity contribution in [3.05, 3.63) is 38.5 Å². The molecule has 0 amide bonds. The first-order valence-corrected chi connectivity index (χ1v) is 6.59. The molecule has 1 aromatic heterocycles. The fourth-order valence-electron chi connectivity index (χ4n) is 1.53. The molecule has 18 heavy (non-hydrogen) atoms. The third-order valence-electron chi connectivity index (χ3n) is 2.42. The summed E-state index contributed by atoms with van der Waals surface area (Å²) in [5.74, 6) is -0.450. The number of thiophene rings is 1. The molecule has 1 heterocycles. The Balaban J connectivity index is 2.52. The highest BCUT2D eigenvalue weighted by atomic mass is 35.5. The van der Waals surface area contributed by atoms with Gasteiger partial charge < -0.3 is 10.5 Å². The summed E-state index contributed by atoms with van der Waals surface area (Å²) in [5, 5.41) is 2.81. The van der Waals surface area contributed by atoms with Crippen LogP contribution in [0.1, 0.15) is 9.67 Å². The summed E-state index contributed by atoms with van der Waals surface area (Å²) in [7, 11) is 1.32. The first kappa shape index (κ1) is 13.2. The number of esters is 1. The topological polar surface area (TPSA) is 52.3 Å². The summed E-state index contributed by atoms with van der Waals surface area (Å²) < 4.78 is 4.65. The molecule has 0 fully saturated rings. The average Bonchev–Trinajstić information content (AvgIpc) is 2.70. The van der Waals surface area contributed by atoms with Crippen LogP contribution in [0, 0.1) is 0 Å². The van der Waals surface area contributed by atoms with Crippen LogP contribution < -0.4 is 5.73 Å². The van der Waals surface area contributed by atoms with Crippen molar-refractivity contribution < 1.29 is 9.53 Å². The highest BCUT2D eigenvalue weighted by molar-refractivity contribution is 7.13. The number of nitrogens with two attached hydrogens (primary N) is 1. The molecule has 0 saturated carbocycles. The minimum absolute atomic E-state index is 0.371. The Morgan fingerprint density at radius 3 is 2.67 bits per heavy atom. The lowest BCUT2D eigenvalue weighted by Crippen LogP contribution is -2.02. The maximum Gasteiger partial charge on any atom is 0.350 e. The van der Waals surface area contributed by atoms with Crippen molar-refractivity contribution in [3.8, 4) is 11.1 Å². The van der Waals surface area contributed by atoms with Gasteiger partial charge in [-0.1, -0.05) is 29.3 Å². The molecule has 0 aliphatic carbocycles. The van der Waals surface area contributed by atoms with Crippen molar-refractivity contribution in [2.24, 2.45) is 0 Å². The molecule has 0 saturated heterocycles. The van der Waals surface area contributed by atoms with Crippen molar-refractivity contribution in [1.82, 2.24) is 0 Å². The molecule has 2 aromatic rings. The Labute approximate surface area is 118 Å². The Hall–Kier alpha value is -1.23. The second-order valence-corrected chi connectivity index (χ2v) is 5.23. The minimum atomic E-state index is -0.450. The maximum atomic E-state index is 11.5. The number of nitrogen functional groups attached to an aromatic ring is 1. The summed E-state index contributed by atoms with van der Waals surface area (Å²) in [6.07, 6.45) is 0. The lowest BCUT2D eigenvalue weighted by molar-refractivity contribution is 0.0607. The van der Waals surface area contributed by atoms with Gasteiger partial charge in [0.1, 0.15) is 4.88 Å². The van der Waals surface area contributed by atoms with Crippen LogP contribution in [-0.4, -0.2) is 13.1 Å². The fraction of sp³-hybridized carbons (Fsp3) is 0.0833. The van der Waals surface area contributed by atoms with E-state index in [0.717, 1.165) is 5.56 Å². The molecular weight excluding hydrogens is 293 g/mol. The third kappa shape index (κ3) is 2.32. The lowest BCUT2D eigenvalue weighted by atomic mass is 10.1. The second kappa shape index (κ2) is 5.18. The van der Waals surface area contributed by atoms with Gasteiger partial charge in [0.05, 0.1) is 12.8 Å². The van der Waals surface area contributed by atoms with Gasteiger partial charge in [0.2, 0.25) is 0 Å².